The van der Waals surface area contributed by atoms with Crippen LogP contribution in [0.4, 0.5) is 5.69 Å². The summed E-state index contributed by atoms with van der Waals surface area (Å²) in [4.78, 5) is 30.1. The van der Waals surface area contributed by atoms with Crippen LogP contribution in [0.15, 0.2) is 35.1 Å². The Morgan fingerprint density at radius 2 is 2.26 bits per heavy atom. The minimum Gasteiger partial charge on any atom is -0.448 e. The number of nitrogens with one attached hydrogen (secondary N) is 1. The fourth-order valence-electron chi connectivity index (χ4n) is 2.60. The van der Waals surface area contributed by atoms with Crippen LogP contribution in [-0.2, 0) is 16.1 Å². The molecule has 2 heterocycles. The fraction of sp³-hybridized carbons (Fsp3) is 0.312. The van der Waals surface area contributed by atoms with Gasteiger partial charge in [-0.25, -0.2) is 4.98 Å². The average Bonchev–Trinajstić information content (AvgIpc) is 3.11. The van der Waals surface area contributed by atoms with Gasteiger partial charge in [0.05, 0.1) is 23.2 Å². The van der Waals surface area contributed by atoms with Crippen molar-refractivity contribution in [3.05, 3.63) is 47.1 Å². The summed E-state index contributed by atoms with van der Waals surface area (Å²) in [7, 11) is 0. The Balaban J connectivity index is 1.64. The van der Waals surface area contributed by atoms with Gasteiger partial charge in [0.25, 0.3) is 0 Å². The lowest BCUT2D eigenvalue weighted by Crippen LogP contribution is -2.32. The largest absolute Gasteiger partial charge is 0.448 e. The van der Waals surface area contributed by atoms with Gasteiger partial charge in [-0.05, 0) is 19.1 Å². The van der Waals surface area contributed by atoms with Crippen molar-refractivity contribution in [1.82, 2.24) is 10.3 Å². The number of hydrogen-bond acceptors (Lipinski definition) is 4. The SMILES string of the molecule is Cc1ocnc1CNC(=O)[C@H]1CC(=O)N(c2ccccc2Cl)C1. The topological polar surface area (TPSA) is 75.4 Å². The number of rotatable bonds is 4. The number of aryl methyl sites for hydroxylation is 1. The zero-order valence-electron chi connectivity index (χ0n) is 12.6. The molecule has 23 heavy (non-hydrogen) atoms. The minimum atomic E-state index is -0.397. The number of carbonyl (C=O) groups is 2. The van der Waals surface area contributed by atoms with Gasteiger partial charge >= 0.3 is 0 Å². The smallest absolute Gasteiger partial charge is 0.227 e. The van der Waals surface area contributed by atoms with Crippen molar-refractivity contribution in [2.24, 2.45) is 5.92 Å². The Bertz CT molecular complexity index is 744. The molecule has 1 fully saturated rings. The van der Waals surface area contributed by atoms with Crippen molar-refractivity contribution in [3.63, 3.8) is 0 Å². The van der Waals surface area contributed by atoms with Crippen LogP contribution in [0.1, 0.15) is 17.9 Å². The average molecular weight is 334 g/mol. The van der Waals surface area contributed by atoms with Crippen molar-refractivity contribution in [3.8, 4) is 0 Å². The quantitative estimate of drug-likeness (QED) is 0.931. The van der Waals surface area contributed by atoms with Gasteiger partial charge in [0, 0.05) is 13.0 Å². The predicted molar refractivity (Wildman–Crippen MR) is 85.0 cm³/mol. The van der Waals surface area contributed by atoms with E-state index in [1.54, 1.807) is 30.0 Å². The van der Waals surface area contributed by atoms with E-state index >= 15 is 0 Å². The van der Waals surface area contributed by atoms with Crippen molar-refractivity contribution in [2.75, 3.05) is 11.4 Å². The van der Waals surface area contributed by atoms with Crippen molar-refractivity contribution in [1.29, 1.82) is 0 Å². The lowest BCUT2D eigenvalue weighted by molar-refractivity contribution is -0.126. The van der Waals surface area contributed by atoms with Crippen molar-refractivity contribution >= 4 is 29.1 Å². The highest BCUT2D eigenvalue weighted by molar-refractivity contribution is 6.33. The number of hydrogen-bond donors (Lipinski definition) is 1. The van der Waals surface area contributed by atoms with E-state index in [1.165, 1.54) is 6.39 Å². The maximum absolute atomic E-state index is 12.3. The summed E-state index contributed by atoms with van der Waals surface area (Å²) in [6, 6.07) is 7.12. The first-order valence-electron chi connectivity index (χ1n) is 7.28. The molecule has 1 aliphatic rings. The van der Waals surface area contributed by atoms with Crippen LogP contribution in [-0.4, -0.2) is 23.3 Å². The Hall–Kier alpha value is -2.34. The second-order valence-corrected chi connectivity index (χ2v) is 5.84. The lowest BCUT2D eigenvalue weighted by atomic mass is 10.1. The molecule has 6 nitrogen and oxygen atoms in total. The number of carbonyl (C=O) groups excluding carboxylic acids is 2. The molecule has 1 aromatic carbocycles. The lowest BCUT2D eigenvalue weighted by Gasteiger charge is -2.18. The molecule has 2 aromatic rings. The normalized spacial score (nSPS) is 17.6. The second-order valence-electron chi connectivity index (χ2n) is 5.43. The zero-order chi connectivity index (χ0) is 16.4. The molecule has 1 N–H and O–H groups in total. The molecule has 1 saturated heterocycles. The Morgan fingerprint density at radius 3 is 2.96 bits per heavy atom. The molecule has 0 unspecified atom stereocenters. The van der Waals surface area contributed by atoms with Gasteiger partial charge in [-0.2, -0.15) is 0 Å². The van der Waals surface area contributed by atoms with Gasteiger partial charge in [-0.1, -0.05) is 23.7 Å². The van der Waals surface area contributed by atoms with Crippen LogP contribution in [0.2, 0.25) is 5.02 Å². The van der Waals surface area contributed by atoms with Crippen LogP contribution in [0.5, 0.6) is 0 Å². The fourth-order valence-corrected chi connectivity index (χ4v) is 2.84. The van der Waals surface area contributed by atoms with Crippen LogP contribution in [0.25, 0.3) is 0 Å². The van der Waals surface area contributed by atoms with Gasteiger partial charge < -0.3 is 14.6 Å². The molecular formula is C16H16ClN3O3. The number of para-hydroxylation sites is 1. The number of nitrogens with zero attached hydrogens (tertiary/aromatic N) is 2. The Labute approximate surface area is 138 Å². The molecule has 120 valence electrons. The predicted octanol–water partition coefficient (Wildman–Crippen LogP) is 2.31. The summed E-state index contributed by atoms with van der Waals surface area (Å²) in [6.07, 6.45) is 1.52. The first kappa shape index (κ1) is 15.6. The molecule has 0 bridgehead atoms. The number of benzene rings is 1. The molecule has 0 saturated carbocycles. The molecule has 0 aliphatic carbocycles. The highest BCUT2D eigenvalue weighted by atomic mass is 35.5. The zero-order valence-corrected chi connectivity index (χ0v) is 13.3. The third-order valence-electron chi connectivity index (χ3n) is 3.91. The van der Waals surface area contributed by atoms with E-state index < -0.39 is 5.92 Å². The van der Waals surface area contributed by atoms with E-state index in [2.05, 4.69) is 10.3 Å². The monoisotopic (exact) mass is 333 g/mol. The van der Waals surface area contributed by atoms with E-state index in [4.69, 9.17) is 16.0 Å². The number of aromatic nitrogens is 1. The minimum absolute atomic E-state index is 0.101. The highest BCUT2D eigenvalue weighted by Crippen LogP contribution is 2.31. The first-order valence-corrected chi connectivity index (χ1v) is 7.65. The van der Waals surface area contributed by atoms with Crippen molar-refractivity contribution in [2.45, 2.75) is 19.9 Å². The third kappa shape index (κ3) is 3.22. The summed E-state index contributed by atoms with van der Waals surface area (Å²) in [5, 5.41) is 3.30. The molecule has 0 radical (unpaired) electrons. The molecule has 1 aliphatic heterocycles. The van der Waals surface area contributed by atoms with E-state index in [0.717, 1.165) is 0 Å². The maximum atomic E-state index is 12.3. The maximum Gasteiger partial charge on any atom is 0.227 e. The summed E-state index contributed by atoms with van der Waals surface area (Å²) < 4.78 is 5.09. The number of oxazole rings is 1. The number of anilines is 1. The summed E-state index contributed by atoms with van der Waals surface area (Å²) >= 11 is 6.13. The summed E-state index contributed by atoms with van der Waals surface area (Å²) in [6.45, 7) is 2.40. The second kappa shape index (κ2) is 6.42. The molecule has 1 atom stereocenters. The number of halogens is 1. The van der Waals surface area contributed by atoms with Crippen LogP contribution in [0, 0.1) is 12.8 Å². The third-order valence-corrected chi connectivity index (χ3v) is 4.23. The van der Waals surface area contributed by atoms with E-state index in [9.17, 15) is 9.59 Å². The molecule has 0 spiro atoms. The number of amides is 2. The summed E-state index contributed by atoms with van der Waals surface area (Å²) in [5.74, 6) is 0.00245. The molecule has 7 heteroatoms. The van der Waals surface area contributed by atoms with E-state index in [1.807, 2.05) is 6.07 Å². The van der Waals surface area contributed by atoms with Crippen LogP contribution in [0.3, 0.4) is 0 Å². The highest BCUT2D eigenvalue weighted by Gasteiger charge is 2.35. The first-order chi connectivity index (χ1) is 11.1. The van der Waals surface area contributed by atoms with Crippen LogP contribution < -0.4 is 10.2 Å². The molecule has 3 rings (SSSR count). The van der Waals surface area contributed by atoms with E-state index in [0.29, 0.717) is 28.7 Å². The molecule has 2 amide bonds. The van der Waals surface area contributed by atoms with Gasteiger partial charge in [-0.3, -0.25) is 9.59 Å². The van der Waals surface area contributed by atoms with Crippen molar-refractivity contribution < 1.29 is 14.0 Å². The van der Waals surface area contributed by atoms with Gasteiger partial charge in [0.2, 0.25) is 11.8 Å². The molecule has 1 aromatic heterocycles. The molecular weight excluding hydrogens is 318 g/mol. The Kier molecular flexibility index (Phi) is 4.34. The summed E-state index contributed by atoms with van der Waals surface area (Å²) in [5.41, 5.74) is 1.33. The van der Waals surface area contributed by atoms with Crippen LogP contribution >= 0.6 is 11.6 Å². The Morgan fingerprint density at radius 1 is 1.48 bits per heavy atom. The standard InChI is InChI=1S/C16H16ClN3O3/c1-10-13(19-9-23-10)7-18-16(22)11-6-15(21)20(8-11)14-5-3-2-4-12(14)17/h2-5,9,11H,6-8H2,1H3,(H,18,22)/t11-/m0/s1. The van der Waals surface area contributed by atoms with Gasteiger partial charge in [0.15, 0.2) is 6.39 Å². The van der Waals surface area contributed by atoms with Gasteiger partial charge in [-0.15, -0.1) is 0 Å². The van der Waals surface area contributed by atoms with E-state index in [-0.39, 0.29) is 24.8 Å². The van der Waals surface area contributed by atoms with Gasteiger partial charge in [0.1, 0.15) is 11.5 Å².